The van der Waals surface area contributed by atoms with Crippen LogP contribution in [0.3, 0.4) is 0 Å². The summed E-state index contributed by atoms with van der Waals surface area (Å²) in [6, 6.07) is 14.8. The summed E-state index contributed by atoms with van der Waals surface area (Å²) in [5, 5.41) is 12.8. The lowest BCUT2D eigenvalue weighted by atomic mass is 10.0. The second-order valence-corrected chi connectivity index (χ2v) is 5.97. The smallest absolute Gasteiger partial charge is 0.136 e. The zero-order valence-electron chi connectivity index (χ0n) is 12.2. The lowest BCUT2D eigenvalue weighted by Crippen LogP contribution is -2.43. The van der Waals surface area contributed by atoms with Gasteiger partial charge in [0.1, 0.15) is 11.4 Å². The predicted octanol–water partition coefficient (Wildman–Crippen LogP) is 3.22. The molecule has 104 valence electrons. The van der Waals surface area contributed by atoms with Gasteiger partial charge in [-0.3, -0.25) is 4.99 Å². The topological polar surface area (TPSA) is 35.8 Å². The number of hydrogen-bond donors (Lipinski definition) is 1. The Labute approximate surface area is 119 Å². The van der Waals surface area contributed by atoms with Crippen molar-refractivity contribution >= 4 is 22.3 Å². The molecule has 0 bridgehead atoms. The maximum atomic E-state index is 10.4. The molecule has 0 saturated heterocycles. The van der Waals surface area contributed by atoms with E-state index in [4.69, 9.17) is 0 Å². The van der Waals surface area contributed by atoms with Crippen molar-refractivity contribution in [2.45, 2.75) is 32.4 Å². The number of aliphatic imine (C=N–C) groups is 1. The molecule has 0 aliphatic carbocycles. The zero-order valence-corrected chi connectivity index (χ0v) is 12.2. The van der Waals surface area contributed by atoms with Crippen molar-refractivity contribution < 1.29 is 5.11 Å². The van der Waals surface area contributed by atoms with E-state index in [0.717, 1.165) is 18.1 Å². The van der Waals surface area contributed by atoms with Crippen molar-refractivity contribution in [1.82, 2.24) is 0 Å². The third-order valence-corrected chi connectivity index (χ3v) is 3.65. The van der Waals surface area contributed by atoms with Crippen LogP contribution in [0.25, 0.3) is 10.8 Å². The first-order chi connectivity index (χ1) is 9.47. The summed E-state index contributed by atoms with van der Waals surface area (Å²) in [5.74, 6) is 0.751. The molecule has 1 N–H and O–H groups in total. The van der Waals surface area contributed by atoms with E-state index in [-0.39, 0.29) is 6.04 Å². The lowest BCUT2D eigenvalue weighted by Gasteiger charge is -2.29. The molecule has 1 aliphatic heterocycles. The van der Waals surface area contributed by atoms with Crippen LogP contribution in [0, 0.1) is 0 Å². The van der Waals surface area contributed by atoms with E-state index in [9.17, 15) is 5.11 Å². The number of nitrogens with zero attached hydrogens (tertiary/aromatic N) is 2. The van der Waals surface area contributed by atoms with E-state index >= 15 is 0 Å². The van der Waals surface area contributed by atoms with Crippen molar-refractivity contribution in [3.8, 4) is 0 Å². The van der Waals surface area contributed by atoms with Gasteiger partial charge in [0.25, 0.3) is 0 Å². The highest BCUT2D eigenvalue weighted by Crippen LogP contribution is 2.31. The highest BCUT2D eigenvalue weighted by molar-refractivity contribution is 6.10. The summed E-state index contributed by atoms with van der Waals surface area (Å²) in [6.07, 6.45) is 0. The molecule has 0 fully saturated rings. The van der Waals surface area contributed by atoms with Crippen LogP contribution in [-0.4, -0.2) is 29.1 Å². The molecular formula is C17H20N2O. The van der Waals surface area contributed by atoms with Crippen LogP contribution in [-0.2, 0) is 0 Å². The number of hydrogen-bond acceptors (Lipinski definition) is 3. The Morgan fingerprint density at radius 2 is 1.85 bits per heavy atom. The standard InChI is InChI=1S/C17H20N2O/c1-12-11-19(16(18-12)17(2,3)20)15-10-6-8-13-7-4-5-9-14(13)15/h4-10,12,20H,11H2,1-3H3/t12-/m0/s1. The Morgan fingerprint density at radius 1 is 1.15 bits per heavy atom. The van der Waals surface area contributed by atoms with Gasteiger partial charge in [-0.2, -0.15) is 0 Å². The molecule has 1 aliphatic rings. The van der Waals surface area contributed by atoms with Crippen molar-refractivity contribution in [2.24, 2.45) is 4.99 Å². The van der Waals surface area contributed by atoms with Crippen molar-refractivity contribution in [3.63, 3.8) is 0 Å². The Balaban J connectivity index is 2.14. The molecule has 0 unspecified atom stereocenters. The maximum Gasteiger partial charge on any atom is 0.136 e. The van der Waals surface area contributed by atoms with E-state index < -0.39 is 5.60 Å². The van der Waals surface area contributed by atoms with E-state index in [2.05, 4.69) is 47.1 Å². The SMILES string of the molecule is C[C@H]1CN(c2cccc3ccccc23)C(C(C)(C)O)=N1. The van der Waals surface area contributed by atoms with E-state index in [0.29, 0.717) is 0 Å². The summed E-state index contributed by atoms with van der Waals surface area (Å²) < 4.78 is 0. The van der Waals surface area contributed by atoms with Crippen LogP contribution in [0.5, 0.6) is 0 Å². The van der Waals surface area contributed by atoms with Gasteiger partial charge < -0.3 is 10.0 Å². The van der Waals surface area contributed by atoms with Crippen LogP contribution in [0.15, 0.2) is 47.5 Å². The molecule has 1 atom stereocenters. The van der Waals surface area contributed by atoms with E-state index in [1.165, 1.54) is 10.8 Å². The second kappa shape index (κ2) is 4.60. The number of amidine groups is 1. The molecule has 3 nitrogen and oxygen atoms in total. The molecule has 0 saturated carbocycles. The quantitative estimate of drug-likeness (QED) is 0.907. The second-order valence-electron chi connectivity index (χ2n) is 5.97. The number of aliphatic hydroxyl groups is 1. The summed E-state index contributed by atoms with van der Waals surface area (Å²) in [7, 11) is 0. The third-order valence-electron chi connectivity index (χ3n) is 3.65. The molecular weight excluding hydrogens is 248 g/mol. The van der Waals surface area contributed by atoms with Gasteiger partial charge in [0, 0.05) is 11.9 Å². The van der Waals surface area contributed by atoms with E-state index in [1.54, 1.807) is 13.8 Å². The minimum absolute atomic E-state index is 0.204. The molecule has 2 aromatic rings. The number of benzene rings is 2. The number of fused-ring (bicyclic) bond motifs is 1. The molecule has 0 radical (unpaired) electrons. The predicted molar refractivity (Wildman–Crippen MR) is 84.5 cm³/mol. The fourth-order valence-corrected chi connectivity index (χ4v) is 2.81. The van der Waals surface area contributed by atoms with Crippen LogP contribution >= 0.6 is 0 Å². The first kappa shape index (κ1) is 13.1. The molecule has 0 amide bonds. The first-order valence-corrected chi connectivity index (χ1v) is 7.03. The highest BCUT2D eigenvalue weighted by atomic mass is 16.3. The van der Waals surface area contributed by atoms with Crippen molar-refractivity contribution in [1.29, 1.82) is 0 Å². The number of rotatable bonds is 2. The van der Waals surface area contributed by atoms with Gasteiger partial charge in [-0.1, -0.05) is 36.4 Å². The molecule has 2 aromatic carbocycles. The first-order valence-electron chi connectivity index (χ1n) is 7.03. The van der Waals surface area contributed by atoms with Crippen molar-refractivity contribution in [3.05, 3.63) is 42.5 Å². The average molecular weight is 268 g/mol. The molecule has 1 heterocycles. The summed E-state index contributed by atoms with van der Waals surface area (Å²) in [5.41, 5.74) is 0.190. The van der Waals surface area contributed by atoms with Gasteiger partial charge in [-0.25, -0.2) is 0 Å². The van der Waals surface area contributed by atoms with Gasteiger partial charge in [-0.05, 0) is 32.2 Å². The Kier molecular flexibility index (Phi) is 3.02. The summed E-state index contributed by atoms with van der Waals surface area (Å²) in [4.78, 5) is 6.76. The zero-order chi connectivity index (χ0) is 14.3. The Hall–Kier alpha value is -1.87. The van der Waals surface area contributed by atoms with Crippen LogP contribution in [0.2, 0.25) is 0 Å². The van der Waals surface area contributed by atoms with E-state index in [1.807, 2.05) is 12.1 Å². The molecule has 20 heavy (non-hydrogen) atoms. The maximum absolute atomic E-state index is 10.4. The average Bonchev–Trinajstić information content (AvgIpc) is 2.80. The van der Waals surface area contributed by atoms with Crippen molar-refractivity contribution in [2.75, 3.05) is 11.4 Å². The Bertz CT molecular complexity index is 665. The molecule has 3 heteroatoms. The molecule has 0 aromatic heterocycles. The van der Waals surface area contributed by atoms with Crippen LogP contribution in [0.1, 0.15) is 20.8 Å². The molecule has 3 rings (SSSR count). The van der Waals surface area contributed by atoms with Gasteiger partial charge in [0.2, 0.25) is 0 Å². The monoisotopic (exact) mass is 268 g/mol. The fraction of sp³-hybridized carbons (Fsp3) is 0.353. The Morgan fingerprint density at radius 3 is 2.60 bits per heavy atom. The summed E-state index contributed by atoms with van der Waals surface area (Å²) in [6.45, 7) is 6.48. The van der Waals surface area contributed by atoms with Crippen LogP contribution < -0.4 is 4.90 Å². The lowest BCUT2D eigenvalue weighted by molar-refractivity contribution is 0.152. The van der Waals surface area contributed by atoms with Gasteiger partial charge in [0.05, 0.1) is 11.7 Å². The third kappa shape index (κ3) is 2.18. The number of anilines is 1. The van der Waals surface area contributed by atoms with Crippen LogP contribution in [0.4, 0.5) is 5.69 Å². The summed E-state index contributed by atoms with van der Waals surface area (Å²) >= 11 is 0. The minimum atomic E-state index is -0.929. The highest BCUT2D eigenvalue weighted by Gasteiger charge is 2.34. The van der Waals surface area contributed by atoms with Gasteiger partial charge >= 0.3 is 0 Å². The normalized spacial score (nSPS) is 19.5. The van der Waals surface area contributed by atoms with Gasteiger partial charge in [0.15, 0.2) is 0 Å². The van der Waals surface area contributed by atoms with Gasteiger partial charge in [-0.15, -0.1) is 0 Å². The largest absolute Gasteiger partial charge is 0.383 e. The molecule has 0 spiro atoms. The minimum Gasteiger partial charge on any atom is -0.383 e. The fourth-order valence-electron chi connectivity index (χ4n) is 2.81.